The lowest BCUT2D eigenvalue weighted by Crippen LogP contribution is -2.32. The number of hydrogen-bond acceptors (Lipinski definition) is 2. The fraction of sp³-hybridized carbons (Fsp3) is 0.500. The van der Waals surface area contributed by atoms with Crippen molar-refractivity contribution < 1.29 is 9.90 Å². The second-order valence-corrected chi connectivity index (χ2v) is 5.46. The average Bonchev–Trinajstić information content (AvgIpc) is 2.78. The minimum absolute atomic E-state index is 0.0679. The number of carbonyl (C=O) groups is 1. The van der Waals surface area contributed by atoms with Gasteiger partial charge in [-0.05, 0) is 37.5 Å². The first-order chi connectivity index (χ1) is 10.2. The topological polar surface area (TPSA) is 40.5 Å². The number of carbonyl (C=O) groups excluding carboxylic acids is 1. The van der Waals surface area contributed by atoms with Crippen molar-refractivity contribution in [3.8, 4) is 11.8 Å². The first-order valence-electron chi connectivity index (χ1n) is 7.72. The summed E-state index contributed by atoms with van der Waals surface area (Å²) in [5.74, 6) is 6.09. The number of aliphatic hydroxyl groups excluding tert-OH is 1. The van der Waals surface area contributed by atoms with E-state index in [0.29, 0.717) is 6.42 Å². The third kappa shape index (κ3) is 4.09. The Hall–Kier alpha value is -1.79. The Morgan fingerprint density at radius 1 is 1.24 bits per heavy atom. The average molecular weight is 285 g/mol. The molecular weight excluding hydrogens is 262 g/mol. The first-order valence-corrected chi connectivity index (χ1v) is 7.72. The lowest BCUT2D eigenvalue weighted by molar-refractivity contribution is 0.0761. The largest absolute Gasteiger partial charge is 0.395 e. The van der Waals surface area contributed by atoms with E-state index < -0.39 is 0 Å². The molecule has 0 radical (unpaired) electrons. The molecule has 0 spiro atoms. The maximum atomic E-state index is 12.7. The van der Waals surface area contributed by atoms with Crippen molar-refractivity contribution in [1.29, 1.82) is 0 Å². The van der Waals surface area contributed by atoms with E-state index in [1.54, 1.807) is 0 Å². The summed E-state index contributed by atoms with van der Waals surface area (Å²) in [5.41, 5.74) is 2.58. The molecule has 1 amide bonds. The fourth-order valence-electron chi connectivity index (χ4n) is 2.66. The van der Waals surface area contributed by atoms with Crippen molar-refractivity contribution in [2.24, 2.45) is 0 Å². The minimum Gasteiger partial charge on any atom is -0.395 e. The Morgan fingerprint density at radius 2 is 1.95 bits per heavy atom. The van der Waals surface area contributed by atoms with Crippen LogP contribution in [-0.4, -0.2) is 35.6 Å². The molecule has 1 aliphatic heterocycles. The van der Waals surface area contributed by atoms with Gasteiger partial charge < -0.3 is 10.0 Å². The molecule has 1 aromatic carbocycles. The molecule has 1 fully saturated rings. The zero-order valence-electron chi connectivity index (χ0n) is 12.7. The summed E-state index contributed by atoms with van der Waals surface area (Å²) in [6.45, 7) is 3.74. The van der Waals surface area contributed by atoms with Crippen molar-refractivity contribution in [1.82, 2.24) is 4.90 Å². The van der Waals surface area contributed by atoms with Crippen LogP contribution < -0.4 is 0 Å². The van der Waals surface area contributed by atoms with Gasteiger partial charge in [0.05, 0.1) is 6.61 Å². The molecule has 112 valence electrons. The smallest absolute Gasteiger partial charge is 0.254 e. The molecule has 3 nitrogen and oxygen atoms in total. The van der Waals surface area contributed by atoms with Crippen molar-refractivity contribution in [3.05, 3.63) is 34.9 Å². The summed E-state index contributed by atoms with van der Waals surface area (Å²) in [6, 6.07) is 5.71. The van der Waals surface area contributed by atoms with Crippen LogP contribution in [0.2, 0.25) is 0 Å². The van der Waals surface area contributed by atoms with Gasteiger partial charge in [-0.15, -0.1) is 0 Å². The van der Waals surface area contributed by atoms with Gasteiger partial charge in [0, 0.05) is 30.6 Å². The summed E-state index contributed by atoms with van der Waals surface area (Å²) in [5, 5.41) is 8.79. The van der Waals surface area contributed by atoms with Crippen LogP contribution >= 0.6 is 0 Å². The van der Waals surface area contributed by atoms with Crippen LogP contribution in [0.3, 0.4) is 0 Å². The fourth-order valence-corrected chi connectivity index (χ4v) is 2.66. The van der Waals surface area contributed by atoms with Gasteiger partial charge in [0.1, 0.15) is 0 Å². The molecule has 1 N–H and O–H groups in total. The summed E-state index contributed by atoms with van der Waals surface area (Å²) >= 11 is 0. The normalized spacial score (nSPS) is 15.0. The number of nitrogens with zero attached hydrogens (tertiary/aromatic N) is 1. The summed E-state index contributed by atoms with van der Waals surface area (Å²) < 4.78 is 0. The second kappa shape index (κ2) is 7.85. The third-order valence-electron chi connectivity index (χ3n) is 3.92. The molecule has 1 heterocycles. The van der Waals surface area contributed by atoms with Crippen LogP contribution in [0.15, 0.2) is 18.2 Å². The second-order valence-electron chi connectivity index (χ2n) is 5.46. The Morgan fingerprint density at radius 3 is 2.62 bits per heavy atom. The van der Waals surface area contributed by atoms with Crippen LogP contribution in [-0.2, 0) is 0 Å². The van der Waals surface area contributed by atoms with E-state index in [9.17, 15) is 4.79 Å². The molecule has 0 bridgehead atoms. The van der Waals surface area contributed by atoms with Gasteiger partial charge in [-0.3, -0.25) is 4.79 Å². The monoisotopic (exact) mass is 285 g/mol. The summed E-state index contributed by atoms with van der Waals surface area (Å²) in [4.78, 5) is 14.7. The number of rotatable bonds is 2. The van der Waals surface area contributed by atoms with Crippen LogP contribution in [0, 0.1) is 18.8 Å². The van der Waals surface area contributed by atoms with Gasteiger partial charge in [-0.2, -0.15) is 0 Å². The predicted molar refractivity (Wildman–Crippen MR) is 84.1 cm³/mol. The maximum absolute atomic E-state index is 12.7. The SMILES string of the molecule is Cc1c(C#CCCO)cccc1C(=O)N1CCCCCC1. The van der Waals surface area contributed by atoms with Gasteiger partial charge >= 0.3 is 0 Å². The summed E-state index contributed by atoms with van der Waals surface area (Å²) in [6.07, 6.45) is 5.09. The summed E-state index contributed by atoms with van der Waals surface area (Å²) in [7, 11) is 0. The molecule has 0 aromatic heterocycles. The lowest BCUT2D eigenvalue weighted by atomic mass is 10.0. The molecule has 0 atom stereocenters. The minimum atomic E-state index is 0.0679. The van der Waals surface area contributed by atoms with E-state index in [-0.39, 0.29) is 12.5 Å². The molecule has 2 rings (SSSR count). The number of hydrogen-bond donors (Lipinski definition) is 1. The third-order valence-corrected chi connectivity index (χ3v) is 3.92. The number of likely N-dealkylation sites (tertiary alicyclic amines) is 1. The van der Waals surface area contributed by atoms with E-state index >= 15 is 0 Å². The van der Waals surface area contributed by atoms with Gasteiger partial charge in [0.25, 0.3) is 5.91 Å². The number of amides is 1. The van der Waals surface area contributed by atoms with Crippen molar-refractivity contribution >= 4 is 5.91 Å². The first kappa shape index (κ1) is 15.6. The van der Waals surface area contributed by atoms with Crippen LogP contribution in [0.4, 0.5) is 0 Å². The Labute approximate surface area is 127 Å². The molecule has 0 aliphatic carbocycles. The van der Waals surface area contributed by atoms with Crippen molar-refractivity contribution in [2.75, 3.05) is 19.7 Å². The highest BCUT2D eigenvalue weighted by molar-refractivity contribution is 5.96. The number of benzene rings is 1. The van der Waals surface area contributed by atoms with Crippen LogP contribution in [0.5, 0.6) is 0 Å². The molecule has 0 unspecified atom stereocenters. The molecular formula is C18H23NO2. The Kier molecular flexibility index (Phi) is 5.83. The highest BCUT2D eigenvalue weighted by atomic mass is 16.2. The van der Waals surface area contributed by atoms with Crippen LogP contribution in [0.25, 0.3) is 0 Å². The van der Waals surface area contributed by atoms with Gasteiger partial charge in [-0.25, -0.2) is 0 Å². The molecule has 1 aromatic rings. The van der Waals surface area contributed by atoms with E-state index in [0.717, 1.165) is 42.6 Å². The quantitative estimate of drug-likeness (QED) is 0.849. The lowest BCUT2D eigenvalue weighted by Gasteiger charge is -2.21. The zero-order chi connectivity index (χ0) is 15.1. The van der Waals surface area contributed by atoms with Gasteiger partial charge in [0.2, 0.25) is 0 Å². The number of aliphatic hydroxyl groups is 1. The van der Waals surface area contributed by atoms with E-state index in [1.807, 2.05) is 30.0 Å². The van der Waals surface area contributed by atoms with Crippen molar-refractivity contribution in [2.45, 2.75) is 39.0 Å². The van der Waals surface area contributed by atoms with Crippen molar-refractivity contribution in [3.63, 3.8) is 0 Å². The molecule has 1 aliphatic rings. The Balaban J connectivity index is 2.21. The maximum Gasteiger partial charge on any atom is 0.254 e. The standard InChI is InChI=1S/C18H23NO2/c1-15-16(9-4-7-14-20)10-8-11-17(15)18(21)19-12-5-2-3-6-13-19/h8,10-11,20H,2-3,5-7,12-14H2,1H3. The Bertz CT molecular complexity index is 546. The van der Waals surface area contributed by atoms with E-state index in [4.69, 9.17) is 5.11 Å². The molecule has 1 saturated heterocycles. The van der Waals surface area contributed by atoms with Gasteiger partial charge in [-0.1, -0.05) is 30.7 Å². The van der Waals surface area contributed by atoms with E-state index in [1.165, 1.54) is 12.8 Å². The van der Waals surface area contributed by atoms with Gasteiger partial charge in [0.15, 0.2) is 0 Å². The zero-order valence-corrected chi connectivity index (χ0v) is 12.7. The molecule has 0 saturated carbocycles. The highest BCUT2D eigenvalue weighted by Gasteiger charge is 2.19. The molecule has 21 heavy (non-hydrogen) atoms. The highest BCUT2D eigenvalue weighted by Crippen LogP contribution is 2.18. The predicted octanol–water partition coefficient (Wildman–Crippen LogP) is 2.75. The van der Waals surface area contributed by atoms with Crippen LogP contribution in [0.1, 0.15) is 53.6 Å². The van der Waals surface area contributed by atoms with E-state index in [2.05, 4.69) is 11.8 Å². The molecule has 3 heteroatoms.